The van der Waals surface area contributed by atoms with Gasteiger partial charge in [0.15, 0.2) is 5.65 Å². The Hall–Kier alpha value is -1.71. The second-order valence-electron chi connectivity index (χ2n) is 2.40. The van der Waals surface area contributed by atoms with Gasteiger partial charge in [0, 0.05) is 6.20 Å². The summed E-state index contributed by atoms with van der Waals surface area (Å²) in [6, 6.07) is 1.92. The lowest BCUT2D eigenvalue weighted by Gasteiger charge is -2.05. The first-order chi connectivity index (χ1) is 5.45. The van der Waals surface area contributed by atoms with E-state index in [1.54, 1.807) is 18.9 Å². The van der Waals surface area contributed by atoms with Crippen LogP contribution in [0.25, 0.3) is 17.0 Å². The molecule has 0 saturated heterocycles. The smallest absolute Gasteiger partial charge is 0.166 e. The van der Waals surface area contributed by atoms with Gasteiger partial charge in [-0.05, 0) is 6.07 Å². The van der Waals surface area contributed by atoms with E-state index >= 15 is 0 Å². The van der Waals surface area contributed by atoms with Gasteiger partial charge in [-0.2, -0.15) is 0 Å². The highest BCUT2D eigenvalue weighted by Gasteiger charge is 2.11. The molecule has 4 nitrogen and oxygen atoms in total. The average molecular weight is 144 g/mol. The number of hydrogen-bond donors (Lipinski definition) is 0. The molecule has 0 aromatic carbocycles. The number of rotatable bonds is 0. The quantitative estimate of drug-likeness (QED) is 0.465. The van der Waals surface area contributed by atoms with Crippen LogP contribution in [-0.4, -0.2) is 19.4 Å². The SMILES string of the molecule is c1cc2c3ncn(cn3)c-2n1. The summed E-state index contributed by atoms with van der Waals surface area (Å²) in [6.45, 7) is 0. The van der Waals surface area contributed by atoms with Gasteiger partial charge in [0.25, 0.3) is 0 Å². The lowest BCUT2D eigenvalue weighted by Crippen LogP contribution is -2.00. The Balaban J connectivity index is 2.73. The molecule has 1 aromatic rings. The Labute approximate surface area is 62.2 Å². The third-order valence-electron chi connectivity index (χ3n) is 1.77. The fourth-order valence-corrected chi connectivity index (χ4v) is 1.25. The maximum absolute atomic E-state index is 4.16. The van der Waals surface area contributed by atoms with Crippen LogP contribution in [0.1, 0.15) is 0 Å². The van der Waals surface area contributed by atoms with Crippen molar-refractivity contribution in [2.75, 3.05) is 0 Å². The van der Waals surface area contributed by atoms with E-state index in [1.165, 1.54) is 0 Å². The molecular weight excluding hydrogens is 140 g/mol. The van der Waals surface area contributed by atoms with Crippen molar-refractivity contribution in [3.05, 3.63) is 24.9 Å². The van der Waals surface area contributed by atoms with E-state index in [1.807, 2.05) is 10.5 Å². The molecule has 4 heteroatoms. The highest BCUT2D eigenvalue weighted by Crippen LogP contribution is 2.22. The Kier molecular flexibility index (Phi) is 0.671. The second kappa shape index (κ2) is 1.47. The van der Waals surface area contributed by atoms with Crippen molar-refractivity contribution in [3.63, 3.8) is 0 Å². The fraction of sp³-hybridized carbons (Fsp3) is 0. The van der Waals surface area contributed by atoms with Crippen LogP contribution in [0.2, 0.25) is 0 Å². The van der Waals surface area contributed by atoms with Gasteiger partial charge in [-0.3, -0.25) is 4.40 Å². The maximum atomic E-state index is 4.16. The summed E-state index contributed by atoms with van der Waals surface area (Å²) in [7, 11) is 0. The Morgan fingerprint density at radius 1 is 1.09 bits per heavy atom. The Morgan fingerprint density at radius 2 is 1.91 bits per heavy atom. The van der Waals surface area contributed by atoms with Gasteiger partial charge < -0.3 is 0 Å². The van der Waals surface area contributed by atoms with E-state index in [0.29, 0.717) is 0 Å². The van der Waals surface area contributed by atoms with Crippen LogP contribution in [0.5, 0.6) is 0 Å². The zero-order chi connectivity index (χ0) is 7.26. The van der Waals surface area contributed by atoms with E-state index in [0.717, 1.165) is 17.0 Å². The summed E-state index contributed by atoms with van der Waals surface area (Å²) >= 11 is 0. The van der Waals surface area contributed by atoms with Gasteiger partial charge in [0.05, 0.1) is 5.56 Å². The number of nitrogens with zero attached hydrogens (tertiary/aromatic N) is 4. The number of fused-ring (bicyclic) bond motifs is 2. The number of hydrogen-bond acceptors (Lipinski definition) is 3. The zero-order valence-corrected chi connectivity index (χ0v) is 5.60. The van der Waals surface area contributed by atoms with Crippen molar-refractivity contribution in [2.45, 2.75) is 0 Å². The Morgan fingerprint density at radius 3 is 2.64 bits per heavy atom. The van der Waals surface area contributed by atoms with Crippen LogP contribution in [-0.2, 0) is 0 Å². The summed E-state index contributed by atoms with van der Waals surface area (Å²) in [5, 5.41) is 0. The summed E-state index contributed by atoms with van der Waals surface area (Å²) in [4.78, 5) is 12.3. The molecule has 0 radical (unpaired) electrons. The van der Waals surface area contributed by atoms with Crippen molar-refractivity contribution in [1.29, 1.82) is 0 Å². The standard InChI is InChI=1S/C7H4N4/c1-2-8-7-5(1)6-9-3-11(7)4-10-6/h1-4H. The third kappa shape index (κ3) is 0.475. The van der Waals surface area contributed by atoms with Gasteiger partial charge in [-0.15, -0.1) is 0 Å². The third-order valence-corrected chi connectivity index (χ3v) is 1.77. The molecule has 0 amide bonds. The maximum Gasteiger partial charge on any atom is 0.166 e. The molecule has 0 unspecified atom stereocenters. The molecule has 3 aliphatic rings. The first-order valence-corrected chi connectivity index (χ1v) is 3.31. The monoisotopic (exact) mass is 144 g/mol. The predicted molar refractivity (Wildman–Crippen MR) is 38.6 cm³/mol. The van der Waals surface area contributed by atoms with Crippen molar-refractivity contribution in [2.24, 2.45) is 0 Å². The summed E-state index contributed by atoms with van der Waals surface area (Å²) < 4.78 is 1.81. The highest BCUT2D eigenvalue weighted by atomic mass is 15.1. The minimum Gasteiger partial charge on any atom is -0.274 e. The molecule has 1 aromatic heterocycles. The van der Waals surface area contributed by atoms with Gasteiger partial charge in [-0.1, -0.05) is 0 Å². The highest BCUT2D eigenvalue weighted by molar-refractivity contribution is 5.73. The minimum absolute atomic E-state index is 0.764. The molecule has 0 saturated carbocycles. The van der Waals surface area contributed by atoms with Gasteiger partial charge >= 0.3 is 0 Å². The molecular formula is C7H4N4. The van der Waals surface area contributed by atoms with Gasteiger partial charge in [0.2, 0.25) is 0 Å². The van der Waals surface area contributed by atoms with E-state index < -0.39 is 0 Å². The minimum atomic E-state index is 0.764. The van der Waals surface area contributed by atoms with E-state index in [-0.39, 0.29) is 0 Å². The van der Waals surface area contributed by atoms with Crippen LogP contribution in [0, 0.1) is 0 Å². The fourth-order valence-electron chi connectivity index (χ4n) is 1.25. The van der Waals surface area contributed by atoms with Gasteiger partial charge in [0.1, 0.15) is 18.5 Å². The van der Waals surface area contributed by atoms with Crippen molar-refractivity contribution in [1.82, 2.24) is 19.4 Å². The molecule has 4 rings (SSSR count). The van der Waals surface area contributed by atoms with Crippen LogP contribution in [0.15, 0.2) is 24.9 Å². The molecule has 0 atom stereocenters. The summed E-state index contributed by atoms with van der Waals surface area (Å²) in [6.07, 6.45) is 5.20. The normalized spacial score (nSPS) is 11.6. The molecule has 3 aliphatic heterocycles. The molecule has 0 N–H and O–H groups in total. The first kappa shape index (κ1) is 5.01. The molecule has 4 heterocycles. The molecule has 0 spiro atoms. The lowest BCUT2D eigenvalue weighted by atomic mass is 10.3. The Bertz CT molecular complexity index is 396. The average Bonchev–Trinajstić information content (AvgIpc) is 2.55. The van der Waals surface area contributed by atoms with E-state index in [4.69, 9.17) is 0 Å². The summed E-state index contributed by atoms with van der Waals surface area (Å²) in [5.41, 5.74) is 1.79. The summed E-state index contributed by atoms with van der Waals surface area (Å²) in [5.74, 6) is 0.935. The van der Waals surface area contributed by atoms with E-state index in [2.05, 4.69) is 15.0 Å². The topological polar surface area (TPSA) is 43.1 Å². The second-order valence-corrected chi connectivity index (χ2v) is 2.40. The molecule has 0 aliphatic carbocycles. The molecule has 11 heavy (non-hydrogen) atoms. The van der Waals surface area contributed by atoms with Crippen molar-refractivity contribution >= 4 is 5.65 Å². The largest absolute Gasteiger partial charge is 0.274 e. The molecule has 52 valence electrons. The number of aromatic nitrogens is 4. The predicted octanol–water partition coefficient (Wildman–Crippen LogP) is 0.667. The van der Waals surface area contributed by atoms with Crippen molar-refractivity contribution < 1.29 is 0 Å². The van der Waals surface area contributed by atoms with Crippen LogP contribution in [0.3, 0.4) is 0 Å². The van der Waals surface area contributed by atoms with Crippen molar-refractivity contribution in [3.8, 4) is 11.4 Å². The first-order valence-electron chi connectivity index (χ1n) is 3.31. The van der Waals surface area contributed by atoms with Crippen LogP contribution < -0.4 is 0 Å². The molecule has 0 fully saturated rings. The lowest BCUT2D eigenvalue weighted by molar-refractivity contribution is 0.950. The molecule has 2 bridgehead atoms. The van der Waals surface area contributed by atoms with E-state index in [9.17, 15) is 0 Å². The van der Waals surface area contributed by atoms with Gasteiger partial charge in [-0.25, -0.2) is 15.0 Å². The zero-order valence-electron chi connectivity index (χ0n) is 5.60. The van der Waals surface area contributed by atoms with Crippen LogP contribution >= 0.6 is 0 Å². The van der Waals surface area contributed by atoms with Crippen LogP contribution in [0.4, 0.5) is 0 Å².